The smallest absolute Gasteiger partial charge is 0.330 e. The van der Waals surface area contributed by atoms with Crippen molar-refractivity contribution in [2.45, 2.75) is 38.8 Å². The number of hydrogen-bond donors (Lipinski definition) is 1. The number of nitrogens with two attached hydrogens (primary N) is 1. The molecule has 20 heavy (non-hydrogen) atoms. The Morgan fingerprint density at radius 2 is 1.95 bits per heavy atom. The molecule has 0 aliphatic rings. The van der Waals surface area contributed by atoms with Gasteiger partial charge in [0.15, 0.2) is 0 Å². The van der Waals surface area contributed by atoms with Gasteiger partial charge in [-0.15, -0.1) is 0 Å². The zero-order valence-corrected chi connectivity index (χ0v) is 12.9. The lowest BCUT2D eigenvalue weighted by atomic mass is 9.87. The molecule has 2 N–H and O–H groups in total. The molecule has 1 aromatic carbocycles. The fourth-order valence-electron chi connectivity index (χ4n) is 2.38. The lowest BCUT2D eigenvalue weighted by Gasteiger charge is -2.31. The van der Waals surface area contributed by atoms with E-state index in [-0.39, 0.29) is 5.97 Å². The lowest BCUT2D eigenvalue weighted by Crippen LogP contribution is -2.48. The second kappa shape index (κ2) is 7.41. The summed E-state index contributed by atoms with van der Waals surface area (Å²) in [6.07, 6.45) is 0.537. The SMILES string of the molecule is CCN(CCC(N)(C(=O)OC)c1ccccc1)C(C)C. The molecule has 0 radical (unpaired) electrons. The standard InChI is InChI=1S/C16H26N2O2/c1-5-18(13(2)3)12-11-16(17,15(19)20-4)14-9-7-6-8-10-14/h6-10,13H,5,11-12,17H2,1-4H3. The summed E-state index contributed by atoms with van der Waals surface area (Å²) in [6.45, 7) is 8.09. The molecule has 1 rings (SSSR count). The molecule has 0 saturated heterocycles. The first-order chi connectivity index (χ1) is 9.45. The van der Waals surface area contributed by atoms with Gasteiger partial charge in [0, 0.05) is 12.6 Å². The van der Waals surface area contributed by atoms with Gasteiger partial charge < -0.3 is 15.4 Å². The van der Waals surface area contributed by atoms with Crippen molar-refractivity contribution in [3.8, 4) is 0 Å². The first-order valence-electron chi connectivity index (χ1n) is 7.12. The maximum absolute atomic E-state index is 12.1. The highest BCUT2D eigenvalue weighted by Gasteiger charge is 2.37. The summed E-state index contributed by atoms with van der Waals surface area (Å²) in [5, 5.41) is 0. The fourth-order valence-corrected chi connectivity index (χ4v) is 2.38. The average Bonchev–Trinajstić information content (AvgIpc) is 2.47. The predicted molar refractivity (Wildman–Crippen MR) is 81.3 cm³/mol. The van der Waals surface area contributed by atoms with Crippen LogP contribution in [0.2, 0.25) is 0 Å². The molecule has 0 aromatic heterocycles. The minimum absolute atomic E-state index is 0.386. The van der Waals surface area contributed by atoms with Crippen LogP contribution in [0.4, 0.5) is 0 Å². The number of carbonyl (C=O) groups is 1. The van der Waals surface area contributed by atoms with Crippen LogP contribution in [0.5, 0.6) is 0 Å². The quantitative estimate of drug-likeness (QED) is 0.776. The van der Waals surface area contributed by atoms with E-state index in [1.165, 1.54) is 7.11 Å². The molecule has 0 fully saturated rings. The van der Waals surface area contributed by atoms with E-state index in [9.17, 15) is 4.79 Å². The van der Waals surface area contributed by atoms with Crippen LogP contribution >= 0.6 is 0 Å². The van der Waals surface area contributed by atoms with E-state index in [2.05, 4.69) is 25.7 Å². The summed E-state index contributed by atoms with van der Waals surface area (Å²) >= 11 is 0. The summed E-state index contributed by atoms with van der Waals surface area (Å²) in [5.74, 6) is -0.386. The molecule has 0 bridgehead atoms. The van der Waals surface area contributed by atoms with Crippen molar-refractivity contribution in [2.75, 3.05) is 20.2 Å². The van der Waals surface area contributed by atoms with Gasteiger partial charge in [0.25, 0.3) is 0 Å². The lowest BCUT2D eigenvalue weighted by molar-refractivity contribution is -0.148. The zero-order valence-electron chi connectivity index (χ0n) is 12.9. The summed E-state index contributed by atoms with van der Waals surface area (Å²) < 4.78 is 4.91. The Balaban J connectivity index is 2.93. The molecule has 1 aromatic rings. The van der Waals surface area contributed by atoms with Crippen molar-refractivity contribution in [2.24, 2.45) is 5.73 Å². The van der Waals surface area contributed by atoms with Crippen LogP contribution < -0.4 is 5.73 Å². The monoisotopic (exact) mass is 278 g/mol. The normalized spacial score (nSPS) is 14.3. The van der Waals surface area contributed by atoms with E-state index < -0.39 is 5.54 Å². The van der Waals surface area contributed by atoms with Gasteiger partial charge in [-0.05, 0) is 32.4 Å². The largest absolute Gasteiger partial charge is 0.467 e. The van der Waals surface area contributed by atoms with Gasteiger partial charge in [0.05, 0.1) is 7.11 Å². The molecule has 0 aliphatic carbocycles. The fraction of sp³-hybridized carbons (Fsp3) is 0.562. The van der Waals surface area contributed by atoms with Gasteiger partial charge in [-0.25, -0.2) is 4.79 Å². The van der Waals surface area contributed by atoms with E-state index in [4.69, 9.17) is 10.5 Å². The van der Waals surface area contributed by atoms with Gasteiger partial charge in [0.2, 0.25) is 0 Å². The molecule has 0 amide bonds. The molecular formula is C16H26N2O2. The second-order valence-electron chi connectivity index (χ2n) is 5.30. The van der Waals surface area contributed by atoms with Crippen molar-refractivity contribution in [1.29, 1.82) is 0 Å². The Kier molecular flexibility index (Phi) is 6.17. The highest BCUT2D eigenvalue weighted by Crippen LogP contribution is 2.24. The molecule has 4 heteroatoms. The van der Waals surface area contributed by atoms with Crippen LogP contribution in [0, 0.1) is 0 Å². The number of methoxy groups -OCH3 is 1. The van der Waals surface area contributed by atoms with Crippen molar-refractivity contribution >= 4 is 5.97 Å². The molecule has 4 nitrogen and oxygen atoms in total. The van der Waals surface area contributed by atoms with Gasteiger partial charge in [-0.3, -0.25) is 0 Å². The van der Waals surface area contributed by atoms with E-state index in [0.717, 1.165) is 18.7 Å². The first-order valence-corrected chi connectivity index (χ1v) is 7.12. The van der Waals surface area contributed by atoms with E-state index in [1.54, 1.807) is 0 Å². The summed E-state index contributed by atoms with van der Waals surface area (Å²) in [7, 11) is 1.38. The number of nitrogens with zero attached hydrogens (tertiary/aromatic N) is 1. The maximum atomic E-state index is 12.1. The van der Waals surface area contributed by atoms with Crippen LogP contribution in [0.3, 0.4) is 0 Å². The summed E-state index contributed by atoms with van der Waals surface area (Å²) in [4.78, 5) is 14.4. The van der Waals surface area contributed by atoms with E-state index >= 15 is 0 Å². The second-order valence-corrected chi connectivity index (χ2v) is 5.30. The van der Waals surface area contributed by atoms with E-state index in [0.29, 0.717) is 12.5 Å². The highest BCUT2D eigenvalue weighted by atomic mass is 16.5. The third-order valence-electron chi connectivity index (χ3n) is 3.77. The molecule has 0 aliphatic heterocycles. The number of rotatable bonds is 7. The molecule has 0 saturated carbocycles. The van der Waals surface area contributed by atoms with Crippen LogP contribution in [0.1, 0.15) is 32.8 Å². The Morgan fingerprint density at radius 3 is 2.40 bits per heavy atom. The van der Waals surface area contributed by atoms with Crippen LogP contribution in [0.15, 0.2) is 30.3 Å². The maximum Gasteiger partial charge on any atom is 0.330 e. The van der Waals surface area contributed by atoms with Crippen molar-refractivity contribution in [1.82, 2.24) is 4.90 Å². The van der Waals surface area contributed by atoms with Gasteiger partial charge in [-0.2, -0.15) is 0 Å². The van der Waals surface area contributed by atoms with E-state index in [1.807, 2.05) is 30.3 Å². The third kappa shape index (κ3) is 3.81. The molecule has 112 valence electrons. The van der Waals surface area contributed by atoms with Crippen molar-refractivity contribution in [3.63, 3.8) is 0 Å². The molecule has 1 atom stereocenters. The number of carbonyl (C=O) groups excluding carboxylic acids is 1. The zero-order chi connectivity index (χ0) is 15.2. The van der Waals surface area contributed by atoms with Crippen molar-refractivity contribution < 1.29 is 9.53 Å². The van der Waals surface area contributed by atoms with Gasteiger partial charge in [-0.1, -0.05) is 37.3 Å². The first kappa shape index (κ1) is 16.7. The van der Waals surface area contributed by atoms with Gasteiger partial charge in [0.1, 0.15) is 5.54 Å². The summed E-state index contributed by atoms with van der Waals surface area (Å²) in [5.41, 5.74) is 6.09. The van der Waals surface area contributed by atoms with Crippen LogP contribution in [-0.4, -0.2) is 37.1 Å². The topological polar surface area (TPSA) is 55.6 Å². The minimum Gasteiger partial charge on any atom is -0.467 e. The Labute approximate surface area is 121 Å². The molecule has 1 unspecified atom stereocenters. The van der Waals surface area contributed by atoms with Crippen molar-refractivity contribution in [3.05, 3.63) is 35.9 Å². The molecular weight excluding hydrogens is 252 g/mol. The number of esters is 1. The Hall–Kier alpha value is -1.39. The van der Waals surface area contributed by atoms with Crippen LogP contribution in [0.25, 0.3) is 0 Å². The Bertz CT molecular complexity index is 420. The third-order valence-corrected chi connectivity index (χ3v) is 3.77. The molecule has 0 heterocycles. The predicted octanol–water partition coefficient (Wildman–Crippen LogP) is 2.13. The minimum atomic E-state index is -1.09. The Morgan fingerprint density at radius 1 is 1.35 bits per heavy atom. The number of benzene rings is 1. The summed E-state index contributed by atoms with van der Waals surface area (Å²) in [6, 6.07) is 9.87. The molecule has 0 spiro atoms. The highest BCUT2D eigenvalue weighted by molar-refractivity contribution is 5.82. The van der Waals surface area contributed by atoms with Gasteiger partial charge >= 0.3 is 5.97 Å². The van der Waals surface area contributed by atoms with Crippen LogP contribution in [-0.2, 0) is 15.1 Å². The average molecular weight is 278 g/mol. The number of ether oxygens (including phenoxy) is 1. The number of hydrogen-bond acceptors (Lipinski definition) is 4.